The van der Waals surface area contributed by atoms with Crippen molar-refractivity contribution in [2.24, 2.45) is 0 Å². The number of hydrogen-bond acceptors (Lipinski definition) is 6. The number of ether oxygens (including phenoxy) is 3. The van der Waals surface area contributed by atoms with Crippen molar-refractivity contribution in [1.29, 1.82) is 0 Å². The minimum Gasteiger partial charge on any atom is -0.497 e. The molecular weight excluding hydrogens is 406 g/mol. The smallest absolute Gasteiger partial charge is 0.241 e. The third-order valence-electron chi connectivity index (χ3n) is 5.20. The molecule has 3 rings (SSSR count). The van der Waals surface area contributed by atoms with Crippen LogP contribution in [-0.4, -0.2) is 69.8 Å². The average molecular weight is 434 g/mol. The summed E-state index contributed by atoms with van der Waals surface area (Å²) < 4.78 is 16.1. The highest BCUT2D eigenvalue weighted by molar-refractivity contribution is 6.30. The Balaban J connectivity index is 1.52. The van der Waals surface area contributed by atoms with E-state index in [4.69, 9.17) is 25.8 Å². The third kappa shape index (κ3) is 5.49. The molecule has 30 heavy (non-hydrogen) atoms. The highest BCUT2D eigenvalue weighted by Crippen LogP contribution is 2.28. The van der Waals surface area contributed by atoms with Crippen molar-refractivity contribution < 1.29 is 19.0 Å². The van der Waals surface area contributed by atoms with Crippen LogP contribution < -0.4 is 19.5 Å². The van der Waals surface area contributed by atoms with Gasteiger partial charge in [-0.3, -0.25) is 9.69 Å². The van der Waals surface area contributed by atoms with Crippen LogP contribution in [0.2, 0.25) is 5.02 Å². The van der Waals surface area contributed by atoms with Crippen LogP contribution in [0.4, 0.5) is 5.69 Å². The molecule has 0 atom stereocenters. The fourth-order valence-corrected chi connectivity index (χ4v) is 3.67. The molecule has 2 aromatic rings. The number of benzene rings is 2. The molecule has 1 aliphatic heterocycles. The Morgan fingerprint density at radius 1 is 0.967 bits per heavy atom. The van der Waals surface area contributed by atoms with E-state index in [1.54, 1.807) is 39.5 Å². The number of carbonyl (C=O) groups excluding carboxylic acids is 1. The molecule has 162 valence electrons. The first-order valence-corrected chi connectivity index (χ1v) is 10.2. The molecule has 0 aromatic heterocycles. The van der Waals surface area contributed by atoms with Crippen LogP contribution >= 0.6 is 11.6 Å². The lowest BCUT2D eigenvalue weighted by molar-refractivity contribution is -0.131. The Kier molecular flexibility index (Phi) is 7.65. The maximum atomic E-state index is 12.6. The van der Waals surface area contributed by atoms with E-state index in [-0.39, 0.29) is 12.5 Å². The molecule has 2 aromatic carbocycles. The van der Waals surface area contributed by atoms with Crippen LogP contribution in [0, 0.1) is 0 Å². The van der Waals surface area contributed by atoms with E-state index in [2.05, 4.69) is 10.2 Å². The second-order valence-corrected chi connectivity index (χ2v) is 7.47. The van der Waals surface area contributed by atoms with Crippen LogP contribution in [0.1, 0.15) is 5.56 Å². The molecule has 8 heteroatoms. The van der Waals surface area contributed by atoms with E-state index in [0.717, 1.165) is 36.7 Å². The van der Waals surface area contributed by atoms with Gasteiger partial charge in [0.1, 0.15) is 17.2 Å². The van der Waals surface area contributed by atoms with Crippen LogP contribution in [0.3, 0.4) is 0 Å². The number of hydrogen-bond donors (Lipinski definition) is 1. The molecule has 0 unspecified atom stereocenters. The Bertz CT molecular complexity index is 869. The Morgan fingerprint density at radius 3 is 2.33 bits per heavy atom. The van der Waals surface area contributed by atoms with Crippen LogP contribution in [0.15, 0.2) is 36.4 Å². The van der Waals surface area contributed by atoms with E-state index in [1.165, 1.54) is 0 Å². The normalized spacial score (nSPS) is 14.3. The summed E-state index contributed by atoms with van der Waals surface area (Å²) in [5.41, 5.74) is 1.79. The lowest BCUT2D eigenvalue weighted by atomic mass is 10.1. The van der Waals surface area contributed by atoms with Gasteiger partial charge in [-0.2, -0.15) is 0 Å². The summed E-state index contributed by atoms with van der Waals surface area (Å²) in [5, 5.41) is 3.73. The molecular formula is C22H28ClN3O4. The van der Waals surface area contributed by atoms with E-state index in [9.17, 15) is 4.79 Å². The SMILES string of the molecule is COc1ccc(OC)c(CN2CCN(C(=O)CNc3cc(Cl)ccc3OC)CC2)c1. The summed E-state index contributed by atoms with van der Waals surface area (Å²) in [5.74, 6) is 2.36. The summed E-state index contributed by atoms with van der Waals surface area (Å²) in [6.07, 6.45) is 0. The number of carbonyl (C=O) groups is 1. The van der Waals surface area contributed by atoms with Crippen LogP contribution in [0.5, 0.6) is 17.2 Å². The maximum absolute atomic E-state index is 12.6. The second-order valence-electron chi connectivity index (χ2n) is 7.03. The number of halogens is 1. The monoisotopic (exact) mass is 433 g/mol. The van der Waals surface area contributed by atoms with Gasteiger partial charge in [-0.05, 0) is 36.4 Å². The fourth-order valence-electron chi connectivity index (χ4n) is 3.50. The molecule has 1 N–H and O–H groups in total. The molecule has 1 amide bonds. The predicted molar refractivity (Wildman–Crippen MR) is 118 cm³/mol. The molecule has 0 saturated carbocycles. The Hall–Kier alpha value is -2.64. The fraction of sp³-hybridized carbons (Fsp3) is 0.409. The van der Waals surface area contributed by atoms with E-state index in [0.29, 0.717) is 29.5 Å². The number of methoxy groups -OCH3 is 3. The molecule has 1 aliphatic rings. The zero-order chi connectivity index (χ0) is 21.5. The molecule has 1 fully saturated rings. The van der Waals surface area contributed by atoms with Crippen molar-refractivity contribution in [3.63, 3.8) is 0 Å². The van der Waals surface area contributed by atoms with Crippen molar-refractivity contribution in [2.45, 2.75) is 6.54 Å². The van der Waals surface area contributed by atoms with Crippen molar-refractivity contribution in [1.82, 2.24) is 9.80 Å². The maximum Gasteiger partial charge on any atom is 0.241 e. The number of nitrogens with zero attached hydrogens (tertiary/aromatic N) is 2. The summed E-state index contributed by atoms with van der Waals surface area (Å²) in [4.78, 5) is 16.8. The summed E-state index contributed by atoms with van der Waals surface area (Å²) >= 11 is 6.05. The molecule has 1 saturated heterocycles. The van der Waals surface area contributed by atoms with Crippen LogP contribution in [-0.2, 0) is 11.3 Å². The van der Waals surface area contributed by atoms with Crippen LogP contribution in [0.25, 0.3) is 0 Å². The summed E-state index contributed by atoms with van der Waals surface area (Å²) in [6, 6.07) is 11.1. The second kappa shape index (κ2) is 10.4. The van der Waals surface area contributed by atoms with Gasteiger partial charge in [-0.25, -0.2) is 0 Å². The van der Waals surface area contributed by atoms with Crippen molar-refractivity contribution in [3.05, 3.63) is 47.0 Å². The third-order valence-corrected chi connectivity index (χ3v) is 5.43. The van der Waals surface area contributed by atoms with Gasteiger partial charge >= 0.3 is 0 Å². The lowest BCUT2D eigenvalue weighted by Gasteiger charge is -2.35. The first-order chi connectivity index (χ1) is 14.5. The standard InChI is InChI=1S/C22H28ClN3O4/c1-28-18-5-7-20(29-2)16(12-18)15-25-8-10-26(11-9-25)22(27)14-24-19-13-17(23)4-6-21(19)30-3/h4-7,12-13,24H,8-11,14-15H2,1-3H3. The average Bonchev–Trinajstić information content (AvgIpc) is 2.78. The number of nitrogens with one attached hydrogen (secondary N) is 1. The molecule has 0 aliphatic carbocycles. The van der Waals surface area contributed by atoms with Gasteiger partial charge < -0.3 is 24.4 Å². The van der Waals surface area contributed by atoms with Gasteiger partial charge in [0.05, 0.1) is 33.6 Å². The highest BCUT2D eigenvalue weighted by Gasteiger charge is 2.22. The highest BCUT2D eigenvalue weighted by atomic mass is 35.5. The Morgan fingerprint density at radius 2 is 1.67 bits per heavy atom. The topological polar surface area (TPSA) is 63.3 Å². The number of amides is 1. The van der Waals surface area contributed by atoms with E-state index in [1.807, 2.05) is 23.1 Å². The van der Waals surface area contributed by atoms with Crippen molar-refractivity contribution in [3.8, 4) is 17.2 Å². The first-order valence-electron chi connectivity index (χ1n) is 9.82. The lowest BCUT2D eigenvalue weighted by Crippen LogP contribution is -2.49. The molecule has 0 radical (unpaired) electrons. The van der Waals surface area contributed by atoms with E-state index < -0.39 is 0 Å². The van der Waals surface area contributed by atoms with Gasteiger partial charge in [-0.15, -0.1) is 0 Å². The van der Waals surface area contributed by atoms with Gasteiger partial charge in [0.15, 0.2) is 0 Å². The molecule has 0 spiro atoms. The minimum absolute atomic E-state index is 0.0515. The summed E-state index contributed by atoms with van der Waals surface area (Å²) in [6.45, 7) is 3.90. The van der Waals surface area contributed by atoms with Gasteiger partial charge in [0.2, 0.25) is 5.91 Å². The van der Waals surface area contributed by atoms with Gasteiger partial charge in [0, 0.05) is 43.3 Å². The number of rotatable bonds is 8. The zero-order valence-electron chi connectivity index (χ0n) is 17.6. The molecule has 0 bridgehead atoms. The minimum atomic E-state index is 0.0515. The number of anilines is 1. The van der Waals surface area contributed by atoms with Gasteiger partial charge in [0.25, 0.3) is 0 Å². The van der Waals surface area contributed by atoms with Gasteiger partial charge in [-0.1, -0.05) is 11.6 Å². The first kappa shape index (κ1) is 22.1. The van der Waals surface area contributed by atoms with E-state index >= 15 is 0 Å². The molecule has 1 heterocycles. The largest absolute Gasteiger partial charge is 0.497 e. The van der Waals surface area contributed by atoms with Crippen molar-refractivity contribution >= 4 is 23.2 Å². The predicted octanol–water partition coefficient (Wildman–Crippen LogP) is 3.12. The molecule has 7 nitrogen and oxygen atoms in total. The number of piperazine rings is 1. The summed E-state index contributed by atoms with van der Waals surface area (Å²) in [7, 11) is 4.92. The Labute approximate surface area is 182 Å². The zero-order valence-corrected chi connectivity index (χ0v) is 18.4. The quantitative estimate of drug-likeness (QED) is 0.690. The van der Waals surface area contributed by atoms with Crippen molar-refractivity contribution in [2.75, 3.05) is 59.4 Å².